The number of carbonyl (C=O) groups excluding carboxylic acids is 1. The molecule has 0 unspecified atom stereocenters. The fraction of sp³-hybridized carbons (Fsp3) is 0.500. The SMILES string of the molecule is CCC(CC)C(=O)Nc1ccc2c(c1)CCO2. The predicted octanol–water partition coefficient (Wildman–Crippen LogP) is 3.00. The number of rotatable bonds is 4. The molecular formula is C14H19NO2. The van der Waals surface area contributed by atoms with Crippen molar-refractivity contribution in [3.63, 3.8) is 0 Å². The Kier molecular flexibility index (Phi) is 3.67. The van der Waals surface area contributed by atoms with Gasteiger partial charge in [0.05, 0.1) is 6.61 Å². The first-order chi connectivity index (χ1) is 8.24. The Labute approximate surface area is 102 Å². The van der Waals surface area contributed by atoms with Crippen LogP contribution in [0.5, 0.6) is 5.75 Å². The molecule has 1 aliphatic rings. The van der Waals surface area contributed by atoms with Crippen LogP contribution in [0.2, 0.25) is 0 Å². The molecule has 2 rings (SSSR count). The van der Waals surface area contributed by atoms with Crippen LogP contribution in [-0.2, 0) is 11.2 Å². The molecule has 1 N–H and O–H groups in total. The highest BCUT2D eigenvalue weighted by Crippen LogP contribution is 2.28. The van der Waals surface area contributed by atoms with Crippen molar-refractivity contribution >= 4 is 11.6 Å². The molecule has 0 bridgehead atoms. The van der Waals surface area contributed by atoms with Gasteiger partial charge in [-0.05, 0) is 36.6 Å². The molecule has 0 radical (unpaired) electrons. The Balaban J connectivity index is 2.06. The second kappa shape index (κ2) is 5.21. The molecule has 0 saturated heterocycles. The molecule has 92 valence electrons. The summed E-state index contributed by atoms with van der Waals surface area (Å²) < 4.78 is 5.44. The van der Waals surface area contributed by atoms with Gasteiger partial charge < -0.3 is 10.1 Å². The molecule has 0 aliphatic carbocycles. The Morgan fingerprint density at radius 1 is 1.41 bits per heavy atom. The summed E-state index contributed by atoms with van der Waals surface area (Å²) in [5, 5.41) is 2.98. The summed E-state index contributed by atoms with van der Waals surface area (Å²) >= 11 is 0. The molecule has 1 amide bonds. The van der Waals surface area contributed by atoms with Crippen molar-refractivity contribution in [2.75, 3.05) is 11.9 Å². The molecule has 3 nitrogen and oxygen atoms in total. The number of carbonyl (C=O) groups is 1. The summed E-state index contributed by atoms with van der Waals surface area (Å²) in [6.07, 6.45) is 2.71. The number of hydrogen-bond donors (Lipinski definition) is 1. The molecule has 0 spiro atoms. The van der Waals surface area contributed by atoms with E-state index in [-0.39, 0.29) is 11.8 Å². The van der Waals surface area contributed by atoms with Crippen LogP contribution in [0.3, 0.4) is 0 Å². The number of amides is 1. The van der Waals surface area contributed by atoms with Crippen molar-refractivity contribution in [3.05, 3.63) is 23.8 Å². The van der Waals surface area contributed by atoms with E-state index in [0.29, 0.717) is 0 Å². The Morgan fingerprint density at radius 2 is 2.18 bits per heavy atom. The molecule has 1 aromatic rings. The maximum absolute atomic E-state index is 11.9. The first-order valence-corrected chi connectivity index (χ1v) is 6.31. The maximum atomic E-state index is 11.9. The number of ether oxygens (including phenoxy) is 1. The lowest BCUT2D eigenvalue weighted by Crippen LogP contribution is -2.21. The smallest absolute Gasteiger partial charge is 0.227 e. The van der Waals surface area contributed by atoms with Crippen molar-refractivity contribution in [3.8, 4) is 5.75 Å². The number of anilines is 1. The van der Waals surface area contributed by atoms with Gasteiger partial charge in [-0.2, -0.15) is 0 Å². The molecule has 1 heterocycles. The highest BCUT2D eigenvalue weighted by molar-refractivity contribution is 5.92. The fourth-order valence-electron chi connectivity index (χ4n) is 2.17. The lowest BCUT2D eigenvalue weighted by molar-refractivity contribution is -0.120. The minimum Gasteiger partial charge on any atom is -0.493 e. The van der Waals surface area contributed by atoms with Crippen molar-refractivity contribution < 1.29 is 9.53 Å². The first-order valence-electron chi connectivity index (χ1n) is 6.31. The Morgan fingerprint density at radius 3 is 2.88 bits per heavy atom. The molecule has 0 saturated carbocycles. The molecule has 1 aromatic carbocycles. The van der Waals surface area contributed by atoms with Gasteiger partial charge in [0.15, 0.2) is 0 Å². The number of hydrogen-bond acceptors (Lipinski definition) is 2. The van der Waals surface area contributed by atoms with E-state index < -0.39 is 0 Å². The number of benzene rings is 1. The van der Waals surface area contributed by atoms with Gasteiger partial charge in [-0.1, -0.05) is 13.8 Å². The summed E-state index contributed by atoms with van der Waals surface area (Å²) in [5.74, 6) is 1.18. The molecule has 3 heteroatoms. The number of nitrogens with one attached hydrogen (secondary N) is 1. The first kappa shape index (κ1) is 12.0. The van der Waals surface area contributed by atoms with Gasteiger partial charge in [0, 0.05) is 18.0 Å². The molecular weight excluding hydrogens is 214 g/mol. The van der Waals surface area contributed by atoms with E-state index >= 15 is 0 Å². The summed E-state index contributed by atoms with van der Waals surface area (Å²) in [4.78, 5) is 11.9. The average Bonchev–Trinajstić information content (AvgIpc) is 2.77. The highest BCUT2D eigenvalue weighted by atomic mass is 16.5. The third-order valence-electron chi connectivity index (χ3n) is 3.31. The second-order valence-electron chi connectivity index (χ2n) is 4.42. The molecule has 0 atom stereocenters. The van der Waals surface area contributed by atoms with E-state index in [1.54, 1.807) is 0 Å². The maximum Gasteiger partial charge on any atom is 0.227 e. The van der Waals surface area contributed by atoms with Crippen LogP contribution in [0, 0.1) is 5.92 Å². The van der Waals surface area contributed by atoms with Gasteiger partial charge >= 0.3 is 0 Å². The van der Waals surface area contributed by atoms with Gasteiger partial charge in [-0.25, -0.2) is 0 Å². The van der Waals surface area contributed by atoms with Gasteiger partial charge in [-0.15, -0.1) is 0 Å². The monoisotopic (exact) mass is 233 g/mol. The van der Waals surface area contributed by atoms with Crippen LogP contribution < -0.4 is 10.1 Å². The third-order valence-corrected chi connectivity index (χ3v) is 3.31. The van der Waals surface area contributed by atoms with Gasteiger partial charge in [0.25, 0.3) is 0 Å². The second-order valence-corrected chi connectivity index (χ2v) is 4.42. The number of fused-ring (bicyclic) bond motifs is 1. The zero-order valence-electron chi connectivity index (χ0n) is 10.5. The van der Waals surface area contributed by atoms with Crippen molar-refractivity contribution in [2.24, 2.45) is 5.92 Å². The minimum atomic E-state index is 0.111. The lowest BCUT2D eigenvalue weighted by Gasteiger charge is -2.13. The normalized spacial score (nSPS) is 13.4. The van der Waals surface area contributed by atoms with E-state index in [9.17, 15) is 4.79 Å². The van der Waals surface area contributed by atoms with Gasteiger partial charge in [0.1, 0.15) is 5.75 Å². The van der Waals surface area contributed by atoms with Crippen LogP contribution in [0.1, 0.15) is 32.3 Å². The molecule has 17 heavy (non-hydrogen) atoms. The van der Waals surface area contributed by atoms with Crippen molar-refractivity contribution in [1.82, 2.24) is 0 Å². The van der Waals surface area contributed by atoms with Crippen molar-refractivity contribution in [2.45, 2.75) is 33.1 Å². The molecule has 1 aliphatic heterocycles. The quantitative estimate of drug-likeness (QED) is 0.868. The topological polar surface area (TPSA) is 38.3 Å². The zero-order chi connectivity index (χ0) is 12.3. The standard InChI is InChI=1S/C14H19NO2/c1-3-10(4-2)14(16)15-12-5-6-13-11(9-12)7-8-17-13/h5-6,9-10H,3-4,7-8H2,1-2H3,(H,15,16). The van der Waals surface area contributed by atoms with Crippen LogP contribution >= 0.6 is 0 Å². The fourth-order valence-corrected chi connectivity index (χ4v) is 2.17. The van der Waals surface area contributed by atoms with E-state index in [4.69, 9.17) is 4.74 Å². The molecule has 0 fully saturated rings. The minimum absolute atomic E-state index is 0.111. The summed E-state index contributed by atoms with van der Waals surface area (Å²) in [6.45, 7) is 4.84. The van der Waals surface area contributed by atoms with Crippen molar-refractivity contribution in [1.29, 1.82) is 0 Å². The van der Waals surface area contributed by atoms with E-state index in [0.717, 1.165) is 37.3 Å². The van der Waals surface area contributed by atoms with Crippen LogP contribution in [0.25, 0.3) is 0 Å². The van der Waals surface area contributed by atoms with E-state index in [1.807, 2.05) is 32.0 Å². The van der Waals surface area contributed by atoms with E-state index in [1.165, 1.54) is 5.56 Å². The Hall–Kier alpha value is -1.51. The largest absolute Gasteiger partial charge is 0.493 e. The van der Waals surface area contributed by atoms with Crippen LogP contribution in [0.15, 0.2) is 18.2 Å². The third kappa shape index (κ3) is 2.60. The average molecular weight is 233 g/mol. The van der Waals surface area contributed by atoms with E-state index in [2.05, 4.69) is 5.32 Å². The van der Waals surface area contributed by atoms with Crippen LogP contribution in [0.4, 0.5) is 5.69 Å². The summed E-state index contributed by atoms with van der Waals surface area (Å²) in [6, 6.07) is 5.86. The van der Waals surface area contributed by atoms with Gasteiger partial charge in [-0.3, -0.25) is 4.79 Å². The van der Waals surface area contributed by atoms with Gasteiger partial charge in [0.2, 0.25) is 5.91 Å². The van der Waals surface area contributed by atoms with Crippen LogP contribution in [-0.4, -0.2) is 12.5 Å². The Bertz CT molecular complexity index is 411. The summed E-state index contributed by atoms with van der Waals surface area (Å²) in [7, 11) is 0. The predicted molar refractivity (Wildman–Crippen MR) is 68.3 cm³/mol. The lowest BCUT2D eigenvalue weighted by atomic mass is 10.0. The highest BCUT2D eigenvalue weighted by Gasteiger charge is 2.16. The molecule has 0 aromatic heterocycles. The summed E-state index contributed by atoms with van der Waals surface area (Å²) in [5.41, 5.74) is 2.07. The zero-order valence-corrected chi connectivity index (χ0v) is 10.5.